The van der Waals surface area contributed by atoms with E-state index in [1.54, 1.807) is 25.5 Å². The summed E-state index contributed by atoms with van der Waals surface area (Å²) in [5.74, 6) is 2.37. The summed E-state index contributed by atoms with van der Waals surface area (Å²) >= 11 is 0. The number of hydrogen-bond donors (Lipinski definition) is 2. The predicted molar refractivity (Wildman–Crippen MR) is 141 cm³/mol. The highest BCUT2D eigenvalue weighted by Gasteiger charge is 2.22. The number of anilines is 1. The van der Waals surface area contributed by atoms with Crippen LogP contribution in [0.2, 0.25) is 0 Å². The molecule has 2 aromatic rings. The molecule has 1 fully saturated rings. The first-order valence-corrected chi connectivity index (χ1v) is 11.0. The van der Waals surface area contributed by atoms with Crippen molar-refractivity contribution >= 4 is 41.8 Å². The van der Waals surface area contributed by atoms with Crippen LogP contribution in [0.15, 0.2) is 47.7 Å². The van der Waals surface area contributed by atoms with Crippen LogP contribution in [0.1, 0.15) is 18.9 Å². The van der Waals surface area contributed by atoms with E-state index in [1.165, 1.54) is 5.56 Å². The summed E-state index contributed by atoms with van der Waals surface area (Å²) in [6.07, 6.45) is 3.86. The van der Waals surface area contributed by atoms with Crippen LogP contribution in [-0.4, -0.2) is 79.2 Å². The number of nitrogens with one attached hydrogen (secondary N) is 2. The molecule has 1 aliphatic heterocycles. The Balaban J connectivity index is 0.00000385. The number of halogens is 1. The number of nitrogens with zero attached hydrogens (tertiary/aromatic N) is 5. The van der Waals surface area contributed by atoms with Gasteiger partial charge in [0.25, 0.3) is 0 Å². The minimum atomic E-state index is -0.0260. The lowest BCUT2D eigenvalue weighted by Gasteiger charge is -2.34. The molecule has 9 nitrogen and oxygen atoms in total. The van der Waals surface area contributed by atoms with E-state index in [4.69, 9.17) is 4.74 Å². The lowest BCUT2D eigenvalue weighted by Crippen LogP contribution is -2.50. The normalized spacial score (nSPS) is 14.8. The number of aliphatic imine (C=N–C) groups is 1. The van der Waals surface area contributed by atoms with Gasteiger partial charge in [0, 0.05) is 58.6 Å². The smallest absolute Gasteiger partial charge is 0.225 e. The van der Waals surface area contributed by atoms with Crippen molar-refractivity contribution in [2.45, 2.75) is 26.4 Å². The lowest BCUT2D eigenvalue weighted by atomic mass is 10.2. The fraction of sp³-hybridized carbons (Fsp3) is 0.478. The van der Waals surface area contributed by atoms with Crippen LogP contribution in [0.3, 0.4) is 0 Å². The molecule has 0 radical (unpaired) electrons. The Morgan fingerprint density at radius 2 is 1.88 bits per heavy atom. The van der Waals surface area contributed by atoms with Gasteiger partial charge in [0.1, 0.15) is 11.9 Å². The molecule has 0 bridgehead atoms. The molecule has 1 amide bonds. The number of carbonyl (C=O) groups excluding carboxylic acids is 1. The molecule has 0 aliphatic carbocycles. The first-order chi connectivity index (χ1) is 15.5. The molecule has 10 heteroatoms. The third kappa shape index (κ3) is 8.67. The average Bonchev–Trinajstić information content (AvgIpc) is 2.82. The molecular formula is C23H34IN7O2. The third-order valence-electron chi connectivity index (χ3n) is 5.21. The highest BCUT2D eigenvalue weighted by Crippen LogP contribution is 2.14. The summed E-state index contributed by atoms with van der Waals surface area (Å²) in [5.41, 5.74) is 1.17. The summed E-state index contributed by atoms with van der Waals surface area (Å²) in [6.45, 7) is 8.01. The van der Waals surface area contributed by atoms with Gasteiger partial charge in [-0.05, 0) is 37.6 Å². The van der Waals surface area contributed by atoms with Crippen LogP contribution in [0.4, 0.5) is 5.95 Å². The molecule has 1 saturated heterocycles. The molecule has 1 unspecified atom stereocenters. The van der Waals surface area contributed by atoms with Crippen molar-refractivity contribution in [1.82, 2.24) is 25.5 Å². The monoisotopic (exact) mass is 567 g/mol. The van der Waals surface area contributed by atoms with Gasteiger partial charge in [-0.3, -0.25) is 9.79 Å². The van der Waals surface area contributed by atoms with Gasteiger partial charge in [0.15, 0.2) is 5.96 Å². The number of ether oxygens (including phenoxy) is 1. The average molecular weight is 567 g/mol. The van der Waals surface area contributed by atoms with Gasteiger partial charge in [0.05, 0.1) is 6.54 Å². The van der Waals surface area contributed by atoms with E-state index in [0.717, 1.165) is 24.8 Å². The number of aryl methyl sites for hydroxylation is 1. The molecule has 1 aromatic carbocycles. The van der Waals surface area contributed by atoms with Gasteiger partial charge in [-0.1, -0.05) is 12.1 Å². The first kappa shape index (κ1) is 26.6. The number of rotatable bonds is 8. The van der Waals surface area contributed by atoms with E-state index in [-0.39, 0.29) is 36.0 Å². The van der Waals surface area contributed by atoms with E-state index < -0.39 is 0 Å². The molecular weight excluding hydrogens is 533 g/mol. The second kappa shape index (κ2) is 13.8. The van der Waals surface area contributed by atoms with E-state index in [1.807, 2.05) is 43.0 Å². The molecule has 1 aliphatic rings. The Labute approximate surface area is 213 Å². The number of aromatic nitrogens is 2. The molecule has 2 N–H and O–H groups in total. The maximum atomic E-state index is 12.6. The van der Waals surface area contributed by atoms with Crippen LogP contribution in [0.5, 0.6) is 5.75 Å². The maximum Gasteiger partial charge on any atom is 0.225 e. The second-order valence-electron chi connectivity index (χ2n) is 7.79. The van der Waals surface area contributed by atoms with Crippen molar-refractivity contribution in [1.29, 1.82) is 0 Å². The van der Waals surface area contributed by atoms with Crippen LogP contribution in [0, 0.1) is 6.92 Å². The minimum absolute atomic E-state index is 0. The van der Waals surface area contributed by atoms with E-state index in [9.17, 15) is 4.79 Å². The summed E-state index contributed by atoms with van der Waals surface area (Å²) < 4.78 is 5.93. The fourth-order valence-corrected chi connectivity index (χ4v) is 3.48. The SMILES string of the molecule is CN=C(NCCC(=O)N1CCN(c2ncccn2)CC1)NCC(C)Oc1cccc(C)c1.I. The number of piperazine rings is 1. The number of amides is 1. The minimum Gasteiger partial charge on any atom is -0.489 e. The molecule has 33 heavy (non-hydrogen) atoms. The lowest BCUT2D eigenvalue weighted by molar-refractivity contribution is -0.131. The predicted octanol–water partition coefficient (Wildman–Crippen LogP) is 2.07. The zero-order valence-corrected chi connectivity index (χ0v) is 21.9. The van der Waals surface area contributed by atoms with Gasteiger partial charge in [-0.2, -0.15) is 0 Å². The molecule has 0 saturated carbocycles. The number of carbonyl (C=O) groups is 1. The van der Waals surface area contributed by atoms with Gasteiger partial charge < -0.3 is 25.2 Å². The molecule has 180 valence electrons. The van der Waals surface area contributed by atoms with Gasteiger partial charge in [-0.25, -0.2) is 9.97 Å². The van der Waals surface area contributed by atoms with Crippen molar-refractivity contribution in [2.75, 3.05) is 51.2 Å². The van der Waals surface area contributed by atoms with Crippen LogP contribution >= 0.6 is 24.0 Å². The zero-order valence-electron chi connectivity index (χ0n) is 19.5. The Kier molecular flexibility index (Phi) is 11.1. The Bertz CT molecular complexity index is 889. The van der Waals surface area contributed by atoms with Crippen LogP contribution < -0.4 is 20.3 Å². The van der Waals surface area contributed by atoms with Gasteiger partial charge in [-0.15, -0.1) is 24.0 Å². The van der Waals surface area contributed by atoms with Crippen LogP contribution in [-0.2, 0) is 4.79 Å². The second-order valence-corrected chi connectivity index (χ2v) is 7.79. The molecule has 0 spiro atoms. The van der Waals surface area contributed by atoms with E-state index >= 15 is 0 Å². The Morgan fingerprint density at radius 3 is 2.55 bits per heavy atom. The summed E-state index contributed by atoms with van der Waals surface area (Å²) in [5, 5.41) is 6.46. The van der Waals surface area contributed by atoms with Crippen molar-refractivity contribution in [3.8, 4) is 5.75 Å². The van der Waals surface area contributed by atoms with Crippen LogP contribution in [0.25, 0.3) is 0 Å². The van der Waals surface area contributed by atoms with Gasteiger partial charge in [0.2, 0.25) is 11.9 Å². The Hall–Kier alpha value is -2.63. The summed E-state index contributed by atoms with van der Waals surface area (Å²) in [4.78, 5) is 29.4. The molecule has 1 atom stereocenters. The topological polar surface area (TPSA) is 95.0 Å². The molecule has 2 heterocycles. The van der Waals surface area contributed by atoms with Crippen molar-refractivity contribution in [3.05, 3.63) is 48.3 Å². The van der Waals surface area contributed by atoms with E-state index in [2.05, 4.69) is 30.5 Å². The number of hydrogen-bond acceptors (Lipinski definition) is 6. The third-order valence-corrected chi connectivity index (χ3v) is 5.21. The van der Waals surface area contributed by atoms with Crippen molar-refractivity contribution < 1.29 is 9.53 Å². The quantitative estimate of drug-likeness (QED) is 0.287. The standard InChI is InChI=1S/C23H33N7O2.HI/c1-18-6-4-7-20(16-18)32-19(2)17-28-22(24-3)25-11-8-21(31)29-12-14-30(15-13-29)23-26-9-5-10-27-23;/h4-7,9-10,16,19H,8,11-15,17H2,1-3H3,(H2,24,25,28);1H. The van der Waals surface area contributed by atoms with Crippen molar-refractivity contribution in [2.24, 2.45) is 4.99 Å². The Morgan fingerprint density at radius 1 is 1.15 bits per heavy atom. The van der Waals surface area contributed by atoms with Crippen molar-refractivity contribution in [3.63, 3.8) is 0 Å². The number of guanidine groups is 1. The number of benzene rings is 1. The largest absolute Gasteiger partial charge is 0.489 e. The molecule has 3 rings (SSSR count). The summed E-state index contributed by atoms with van der Waals surface area (Å²) in [6, 6.07) is 9.80. The maximum absolute atomic E-state index is 12.6. The zero-order chi connectivity index (χ0) is 22.8. The highest BCUT2D eigenvalue weighted by molar-refractivity contribution is 14.0. The molecule has 1 aromatic heterocycles. The fourth-order valence-electron chi connectivity index (χ4n) is 3.48. The highest BCUT2D eigenvalue weighted by atomic mass is 127. The van der Waals surface area contributed by atoms with E-state index in [0.29, 0.717) is 38.6 Å². The summed E-state index contributed by atoms with van der Waals surface area (Å²) in [7, 11) is 1.72. The first-order valence-electron chi connectivity index (χ1n) is 11.0. The van der Waals surface area contributed by atoms with Gasteiger partial charge >= 0.3 is 0 Å².